The predicted molar refractivity (Wildman–Crippen MR) is 99.5 cm³/mol. The van der Waals surface area contributed by atoms with Crippen molar-refractivity contribution in [2.24, 2.45) is 0 Å². The Morgan fingerprint density at radius 1 is 1.08 bits per heavy atom. The van der Waals surface area contributed by atoms with Gasteiger partial charge >= 0.3 is 5.69 Å². The molecule has 0 radical (unpaired) electrons. The maximum Gasteiger partial charge on any atom is 0.329 e. The van der Waals surface area contributed by atoms with E-state index in [1.54, 1.807) is 19.1 Å². The third-order valence-corrected chi connectivity index (χ3v) is 4.04. The molecular weight excluding hydrogens is 316 g/mol. The second-order valence-corrected chi connectivity index (χ2v) is 6.14. The fourth-order valence-corrected chi connectivity index (χ4v) is 2.96. The first-order chi connectivity index (χ1) is 11.9. The summed E-state index contributed by atoms with van der Waals surface area (Å²) in [4.78, 5) is 40.0. The summed E-state index contributed by atoms with van der Waals surface area (Å²) >= 11 is 0. The van der Waals surface area contributed by atoms with Crippen molar-refractivity contribution in [3.8, 4) is 0 Å². The Labute approximate surface area is 147 Å². The fraction of sp³-hybridized carbons (Fsp3) is 0.350. The summed E-state index contributed by atoms with van der Waals surface area (Å²) in [6, 6.07) is 5.55. The molecule has 0 unspecified atom stereocenters. The monoisotopic (exact) mass is 340 g/mol. The number of hydrogen-bond donors (Lipinski definition) is 1. The van der Waals surface area contributed by atoms with Crippen LogP contribution in [0.15, 0.2) is 39.9 Å². The molecule has 0 saturated heterocycles. The highest BCUT2D eigenvalue weighted by molar-refractivity contribution is 6.09. The van der Waals surface area contributed by atoms with Gasteiger partial charge in [-0.25, -0.2) is 4.79 Å². The van der Waals surface area contributed by atoms with Crippen LogP contribution < -0.4 is 11.2 Å². The minimum absolute atomic E-state index is 0.182. The fourth-order valence-electron chi connectivity index (χ4n) is 2.96. The van der Waals surface area contributed by atoms with Crippen molar-refractivity contribution >= 4 is 5.78 Å². The van der Waals surface area contributed by atoms with Crippen molar-refractivity contribution in [3.63, 3.8) is 0 Å². The molecule has 1 aromatic heterocycles. The van der Waals surface area contributed by atoms with E-state index >= 15 is 0 Å². The lowest BCUT2D eigenvalue weighted by molar-refractivity contribution is 0.102. The minimum atomic E-state index is -0.560. The molecule has 0 fully saturated rings. The first kappa shape index (κ1) is 18.6. The number of carbonyl (C=O) groups excluding carboxylic acids is 1. The van der Waals surface area contributed by atoms with Crippen LogP contribution in [0, 0.1) is 13.8 Å². The Morgan fingerprint density at radius 2 is 1.72 bits per heavy atom. The number of benzene rings is 1. The topological polar surface area (TPSA) is 71.9 Å². The number of hydrogen-bond acceptors (Lipinski definition) is 3. The SMILES string of the molecule is CC/C=C/Cn1c(C(=O)c2cc(C)cc(C)c2)c(CC)c(=O)[nH]c1=O. The number of H-pyrrole nitrogens is 1. The third-order valence-electron chi connectivity index (χ3n) is 4.04. The Morgan fingerprint density at radius 3 is 2.28 bits per heavy atom. The van der Waals surface area contributed by atoms with Crippen molar-refractivity contribution in [1.82, 2.24) is 9.55 Å². The predicted octanol–water partition coefficient (Wildman–Crippen LogP) is 2.91. The van der Waals surface area contributed by atoms with Crippen LogP contribution in [0.25, 0.3) is 0 Å². The molecule has 5 heteroatoms. The normalized spacial score (nSPS) is 11.2. The van der Waals surface area contributed by atoms with Gasteiger partial charge in [0.2, 0.25) is 5.78 Å². The molecule has 2 aromatic rings. The number of nitrogens with zero attached hydrogens (tertiary/aromatic N) is 1. The van der Waals surface area contributed by atoms with E-state index in [1.165, 1.54) is 4.57 Å². The quantitative estimate of drug-likeness (QED) is 0.649. The van der Waals surface area contributed by atoms with E-state index in [9.17, 15) is 14.4 Å². The van der Waals surface area contributed by atoms with Crippen LogP contribution in [-0.4, -0.2) is 15.3 Å². The molecule has 5 nitrogen and oxygen atoms in total. The Hall–Kier alpha value is -2.69. The van der Waals surface area contributed by atoms with E-state index < -0.39 is 11.2 Å². The molecule has 2 rings (SSSR count). The summed E-state index contributed by atoms with van der Waals surface area (Å²) in [6.07, 6.45) is 4.96. The molecule has 25 heavy (non-hydrogen) atoms. The van der Waals surface area contributed by atoms with Gasteiger partial charge in [0, 0.05) is 17.7 Å². The molecule has 0 aliphatic rings. The average molecular weight is 340 g/mol. The van der Waals surface area contributed by atoms with Crippen molar-refractivity contribution < 1.29 is 4.79 Å². The number of ketones is 1. The number of aromatic amines is 1. The molecule has 0 bridgehead atoms. The molecule has 0 atom stereocenters. The zero-order chi connectivity index (χ0) is 18.6. The van der Waals surface area contributed by atoms with Crippen LogP contribution in [0.3, 0.4) is 0 Å². The summed E-state index contributed by atoms with van der Waals surface area (Å²) in [5.74, 6) is -0.295. The molecule has 0 aliphatic carbocycles. The summed E-state index contributed by atoms with van der Waals surface area (Å²) in [5, 5.41) is 0. The lowest BCUT2D eigenvalue weighted by Crippen LogP contribution is -2.37. The molecular formula is C20H24N2O3. The Balaban J connectivity index is 2.72. The zero-order valence-electron chi connectivity index (χ0n) is 15.2. The number of rotatable bonds is 6. The molecule has 132 valence electrons. The maximum atomic E-state index is 13.2. The van der Waals surface area contributed by atoms with Crippen molar-refractivity contribution in [1.29, 1.82) is 0 Å². The first-order valence-corrected chi connectivity index (χ1v) is 8.53. The number of aromatic nitrogens is 2. The van der Waals surface area contributed by atoms with Crippen LogP contribution in [0.2, 0.25) is 0 Å². The first-order valence-electron chi connectivity index (χ1n) is 8.53. The van der Waals surface area contributed by atoms with Gasteiger partial charge in [0.05, 0.1) is 0 Å². The van der Waals surface area contributed by atoms with Gasteiger partial charge in [0.1, 0.15) is 5.69 Å². The summed E-state index contributed by atoms with van der Waals surface area (Å²) in [6.45, 7) is 7.88. The number of carbonyl (C=O) groups is 1. The number of nitrogens with one attached hydrogen (secondary N) is 1. The molecule has 0 saturated carbocycles. The van der Waals surface area contributed by atoms with Crippen LogP contribution >= 0.6 is 0 Å². The van der Waals surface area contributed by atoms with Gasteiger partial charge in [0.15, 0.2) is 0 Å². The van der Waals surface area contributed by atoms with Gasteiger partial charge in [-0.05, 0) is 38.8 Å². The molecule has 1 aromatic carbocycles. The molecule has 0 amide bonds. The van der Waals surface area contributed by atoms with Gasteiger partial charge in [-0.3, -0.25) is 19.1 Å². The van der Waals surface area contributed by atoms with E-state index in [2.05, 4.69) is 4.98 Å². The summed E-state index contributed by atoms with van der Waals surface area (Å²) < 4.78 is 1.35. The van der Waals surface area contributed by atoms with Gasteiger partial charge in [-0.15, -0.1) is 0 Å². The minimum Gasteiger partial charge on any atom is -0.287 e. The lowest BCUT2D eigenvalue weighted by atomic mass is 9.99. The third kappa shape index (κ3) is 4.05. The van der Waals surface area contributed by atoms with Crippen molar-refractivity contribution in [2.75, 3.05) is 0 Å². The Kier molecular flexibility index (Phi) is 5.91. The van der Waals surface area contributed by atoms with E-state index in [1.807, 2.05) is 39.0 Å². The molecule has 0 aliphatic heterocycles. The van der Waals surface area contributed by atoms with Crippen LogP contribution in [0.4, 0.5) is 0 Å². The van der Waals surface area contributed by atoms with Gasteiger partial charge < -0.3 is 0 Å². The largest absolute Gasteiger partial charge is 0.329 e. The van der Waals surface area contributed by atoms with E-state index in [0.717, 1.165) is 17.5 Å². The highest BCUT2D eigenvalue weighted by atomic mass is 16.2. The Bertz CT molecular complexity index is 913. The summed E-state index contributed by atoms with van der Waals surface area (Å²) in [7, 11) is 0. The maximum absolute atomic E-state index is 13.2. The van der Waals surface area contributed by atoms with E-state index in [0.29, 0.717) is 17.5 Å². The number of allylic oxidation sites excluding steroid dienone is 2. The van der Waals surface area contributed by atoms with Gasteiger partial charge in [-0.1, -0.05) is 43.2 Å². The average Bonchev–Trinajstić information content (AvgIpc) is 2.55. The van der Waals surface area contributed by atoms with Gasteiger partial charge in [-0.2, -0.15) is 0 Å². The van der Waals surface area contributed by atoms with Gasteiger partial charge in [0.25, 0.3) is 5.56 Å². The van der Waals surface area contributed by atoms with Crippen LogP contribution in [0.5, 0.6) is 0 Å². The lowest BCUT2D eigenvalue weighted by Gasteiger charge is -2.14. The zero-order valence-corrected chi connectivity index (χ0v) is 15.2. The van der Waals surface area contributed by atoms with Crippen LogP contribution in [0.1, 0.15) is 53.0 Å². The molecule has 1 heterocycles. The molecule has 0 spiro atoms. The van der Waals surface area contributed by atoms with Crippen molar-refractivity contribution in [3.05, 3.63) is 79.1 Å². The highest BCUT2D eigenvalue weighted by Gasteiger charge is 2.21. The second kappa shape index (κ2) is 7.92. The summed E-state index contributed by atoms with van der Waals surface area (Å²) in [5.41, 5.74) is 1.89. The van der Waals surface area contributed by atoms with E-state index in [-0.39, 0.29) is 18.0 Å². The standard InChI is InChI=1S/C20H24N2O3/c1-5-7-8-9-22-17(16(6-2)19(24)21-20(22)25)18(23)15-11-13(3)10-14(4)12-15/h7-8,10-12H,5-6,9H2,1-4H3,(H,21,24,25)/b8-7+. The highest BCUT2D eigenvalue weighted by Crippen LogP contribution is 2.15. The number of aryl methyl sites for hydroxylation is 2. The van der Waals surface area contributed by atoms with Crippen molar-refractivity contribution in [2.45, 2.75) is 47.1 Å². The van der Waals surface area contributed by atoms with E-state index in [4.69, 9.17) is 0 Å². The second-order valence-electron chi connectivity index (χ2n) is 6.14. The smallest absolute Gasteiger partial charge is 0.287 e. The molecule has 1 N–H and O–H groups in total. The van der Waals surface area contributed by atoms with Crippen LogP contribution in [-0.2, 0) is 13.0 Å².